The fraction of sp³-hybridized carbons (Fsp3) is 0.542. The number of nitrogens with zero attached hydrogens (tertiary/aromatic N) is 2. The highest BCUT2D eigenvalue weighted by Crippen LogP contribution is 2.33. The van der Waals surface area contributed by atoms with Crippen LogP contribution in [0.25, 0.3) is 0 Å². The number of fused-ring (bicyclic) bond motifs is 1. The topological polar surface area (TPSA) is 137 Å². The molecule has 0 aromatic heterocycles. The first-order valence-electron chi connectivity index (χ1n) is 12.1. The number of nitrogens with one attached hydrogen (secondary N) is 3. The summed E-state index contributed by atoms with van der Waals surface area (Å²) in [5.41, 5.74) is 0.144. The number of carbonyl (C=O) groups excluding carboxylic acids is 5. The monoisotopic (exact) mass is 557 g/mol. The SMILES string of the molecule is Cl.Cl.O=C(COc1cccc2c1C(=O)N(C1CCC(=O)NC1=O)C2=O)NCCCCCN1CCNCC1. The second-order valence-corrected chi connectivity index (χ2v) is 8.92. The Hall–Kier alpha value is -2.73. The largest absolute Gasteiger partial charge is 0.483 e. The third-order valence-electron chi connectivity index (χ3n) is 6.47. The zero-order chi connectivity index (χ0) is 24.8. The van der Waals surface area contributed by atoms with Crippen molar-refractivity contribution in [3.63, 3.8) is 0 Å². The third-order valence-corrected chi connectivity index (χ3v) is 6.47. The van der Waals surface area contributed by atoms with Gasteiger partial charge in [0.2, 0.25) is 11.8 Å². The maximum atomic E-state index is 13.0. The molecule has 3 heterocycles. The highest BCUT2D eigenvalue weighted by molar-refractivity contribution is 6.24. The van der Waals surface area contributed by atoms with Crippen LogP contribution in [0.5, 0.6) is 5.75 Å². The van der Waals surface area contributed by atoms with E-state index in [2.05, 4.69) is 20.9 Å². The third kappa shape index (κ3) is 7.41. The van der Waals surface area contributed by atoms with Crippen LogP contribution in [0.3, 0.4) is 0 Å². The first kappa shape index (κ1) is 30.5. The molecule has 1 aromatic rings. The molecule has 1 aromatic carbocycles. The number of hydrogen-bond acceptors (Lipinski definition) is 8. The molecule has 0 radical (unpaired) electrons. The molecule has 0 spiro atoms. The predicted molar refractivity (Wildman–Crippen MR) is 139 cm³/mol. The summed E-state index contributed by atoms with van der Waals surface area (Å²) in [6.45, 7) is 5.55. The molecule has 1 unspecified atom stereocenters. The zero-order valence-electron chi connectivity index (χ0n) is 20.5. The van der Waals surface area contributed by atoms with Crippen LogP contribution in [0, 0.1) is 0 Å². The molecule has 0 saturated carbocycles. The quantitative estimate of drug-likeness (QED) is 0.279. The Morgan fingerprint density at radius 2 is 1.78 bits per heavy atom. The molecule has 3 aliphatic heterocycles. The van der Waals surface area contributed by atoms with E-state index in [1.54, 1.807) is 6.07 Å². The van der Waals surface area contributed by atoms with Crippen molar-refractivity contribution < 1.29 is 28.7 Å². The average molecular weight is 558 g/mol. The molecule has 1 atom stereocenters. The van der Waals surface area contributed by atoms with E-state index in [0.29, 0.717) is 6.54 Å². The first-order chi connectivity index (χ1) is 17.0. The highest BCUT2D eigenvalue weighted by atomic mass is 35.5. The van der Waals surface area contributed by atoms with Crippen LogP contribution >= 0.6 is 24.8 Å². The first-order valence-corrected chi connectivity index (χ1v) is 12.1. The Morgan fingerprint density at radius 3 is 2.51 bits per heavy atom. The van der Waals surface area contributed by atoms with Crippen molar-refractivity contribution in [1.29, 1.82) is 0 Å². The van der Waals surface area contributed by atoms with Crippen molar-refractivity contribution in [3.8, 4) is 5.75 Å². The molecule has 3 aliphatic rings. The number of rotatable bonds is 10. The molecule has 204 valence electrons. The summed E-state index contributed by atoms with van der Waals surface area (Å²) in [6, 6.07) is 3.50. The number of hydrogen-bond donors (Lipinski definition) is 3. The minimum atomic E-state index is -1.05. The normalized spacial score (nSPS) is 19.5. The van der Waals surface area contributed by atoms with Gasteiger partial charge in [-0.15, -0.1) is 24.8 Å². The summed E-state index contributed by atoms with van der Waals surface area (Å²) < 4.78 is 5.59. The van der Waals surface area contributed by atoms with E-state index < -0.39 is 29.7 Å². The average Bonchev–Trinajstić information content (AvgIpc) is 3.11. The van der Waals surface area contributed by atoms with Gasteiger partial charge < -0.3 is 20.3 Å². The lowest BCUT2D eigenvalue weighted by molar-refractivity contribution is -0.136. The van der Waals surface area contributed by atoms with Crippen LogP contribution in [0.2, 0.25) is 0 Å². The van der Waals surface area contributed by atoms with Gasteiger partial charge in [-0.25, -0.2) is 0 Å². The minimum absolute atomic E-state index is 0. The number of amides is 5. The standard InChI is InChI=1S/C24H31N5O6.2ClH/c30-19-8-7-17(22(32)27-19)29-23(33)16-5-4-6-18(21(16)24(29)34)35-15-20(31)26-9-2-1-3-12-28-13-10-25-11-14-28;;/h4-6,17,25H,1-3,7-15H2,(H,26,31)(H,27,30,32);2*1H. The molecule has 0 aliphatic carbocycles. The predicted octanol–water partition coefficient (Wildman–Crippen LogP) is 0.502. The summed E-state index contributed by atoms with van der Waals surface area (Å²) in [6.07, 6.45) is 3.09. The molecule has 4 rings (SSSR count). The highest BCUT2D eigenvalue weighted by Gasteiger charge is 2.46. The molecule has 5 amide bonds. The van der Waals surface area contributed by atoms with E-state index in [1.165, 1.54) is 12.1 Å². The summed E-state index contributed by atoms with van der Waals surface area (Å²) in [5, 5.41) is 8.31. The molecule has 11 nitrogen and oxygen atoms in total. The molecule has 37 heavy (non-hydrogen) atoms. The Labute approximate surface area is 227 Å². The minimum Gasteiger partial charge on any atom is -0.483 e. The van der Waals surface area contributed by atoms with Crippen molar-refractivity contribution in [1.82, 2.24) is 25.8 Å². The molecule has 2 fully saturated rings. The van der Waals surface area contributed by atoms with Crippen LogP contribution in [-0.2, 0) is 14.4 Å². The number of unbranched alkanes of at least 4 members (excludes halogenated alkanes) is 2. The van der Waals surface area contributed by atoms with Gasteiger partial charge >= 0.3 is 0 Å². The number of piperazine rings is 1. The molecule has 13 heteroatoms. The lowest BCUT2D eigenvalue weighted by atomic mass is 10.0. The number of carbonyl (C=O) groups is 5. The van der Waals surface area contributed by atoms with E-state index in [0.717, 1.165) is 56.9 Å². The zero-order valence-corrected chi connectivity index (χ0v) is 22.1. The maximum absolute atomic E-state index is 13.0. The fourth-order valence-corrected chi connectivity index (χ4v) is 4.60. The van der Waals surface area contributed by atoms with Gasteiger partial charge in [0.15, 0.2) is 6.61 Å². The van der Waals surface area contributed by atoms with Gasteiger partial charge in [0, 0.05) is 39.1 Å². The Bertz CT molecular complexity index is 1020. The van der Waals surface area contributed by atoms with Gasteiger partial charge in [-0.3, -0.25) is 34.2 Å². The van der Waals surface area contributed by atoms with Crippen molar-refractivity contribution in [2.24, 2.45) is 0 Å². The van der Waals surface area contributed by atoms with Crippen molar-refractivity contribution >= 4 is 54.3 Å². The Morgan fingerprint density at radius 1 is 1.03 bits per heavy atom. The van der Waals surface area contributed by atoms with Crippen molar-refractivity contribution in [2.45, 2.75) is 38.1 Å². The smallest absolute Gasteiger partial charge is 0.266 e. The number of ether oxygens (including phenoxy) is 1. The number of piperidine rings is 1. The van der Waals surface area contributed by atoms with Crippen molar-refractivity contribution in [3.05, 3.63) is 29.3 Å². The van der Waals surface area contributed by atoms with Gasteiger partial charge in [-0.1, -0.05) is 12.5 Å². The molecular formula is C24H33Cl2N5O6. The van der Waals surface area contributed by atoms with Gasteiger partial charge in [-0.05, 0) is 37.9 Å². The summed E-state index contributed by atoms with van der Waals surface area (Å²) in [4.78, 5) is 65.1. The van der Waals surface area contributed by atoms with Gasteiger partial charge in [-0.2, -0.15) is 0 Å². The molecule has 2 saturated heterocycles. The Kier molecular flexibility index (Phi) is 11.8. The van der Waals surface area contributed by atoms with E-state index in [9.17, 15) is 24.0 Å². The Balaban J connectivity index is 0.00000241. The van der Waals surface area contributed by atoms with E-state index in [-0.39, 0.29) is 67.0 Å². The van der Waals surface area contributed by atoms with Gasteiger partial charge in [0.1, 0.15) is 11.8 Å². The fourth-order valence-electron chi connectivity index (χ4n) is 4.60. The molecule has 0 bridgehead atoms. The van der Waals surface area contributed by atoms with E-state index in [4.69, 9.17) is 4.74 Å². The summed E-state index contributed by atoms with van der Waals surface area (Å²) in [5.74, 6) is -2.59. The van der Waals surface area contributed by atoms with Crippen LogP contribution in [0.15, 0.2) is 18.2 Å². The lowest BCUT2D eigenvalue weighted by Crippen LogP contribution is -2.54. The van der Waals surface area contributed by atoms with Crippen LogP contribution in [-0.4, -0.2) is 91.3 Å². The van der Waals surface area contributed by atoms with Gasteiger partial charge in [0.05, 0.1) is 11.1 Å². The summed E-state index contributed by atoms with van der Waals surface area (Å²) in [7, 11) is 0. The lowest BCUT2D eigenvalue weighted by Gasteiger charge is -2.27. The van der Waals surface area contributed by atoms with E-state index in [1.807, 2.05) is 0 Å². The van der Waals surface area contributed by atoms with Crippen molar-refractivity contribution in [2.75, 3.05) is 45.9 Å². The molecular weight excluding hydrogens is 525 g/mol. The molecule has 3 N–H and O–H groups in total. The van der Waals surface area contributed by atoms with Crippen LogP contribution in [0.1, 0.15) is 52.8 Å². The number of imide groups is 2. The maximum Gasteiger partial charge on any atom is 0.266 e. The summed E-state index contributed by atoms with van der Waals surface area (Å²) >= 11 is 0. The van der Waals surface area contributed by atoms with Crippen LogP contribution < -0.4 is 20.7 Å². The number of benzene rings is 1. The second kappa shape index (κ2) is 14.3. The van der Waals surface area contributed by atoms with Crippen LogP contribution in [0.4, 0.5) is 0 Å². The second-order valence-electron chi connectivity index (χ2n) is 8.92. The van der Waals surface area contributed by atoms with E-state index >= 15 is 0 Å². The number of halogens is 2. The van der Waals surface area contributed by atoms with Gasteiger partial charge in [0.25, 0.3) is 17.7 Å².